The first-order valence-electron chi connectivity index (χ1n) is 12.1. The molecular weight excluding hydrogens is 460 g/mol. The van der Waals surface area contributed by atoms with Crippen molar-refractivity contribution in [3.63, 3.8) is 0 Å². The van der Waals surface area contributed by atoms with Gasteiger partial charge in [-0.05, 0) is 26.0 Å². The molecule has 4 aromatic rings. The average molecular weight is 489 g/mol. The lowest BCUT2D eigenvalue weighted by molar-refractivity contribution is 0.102. The van der Waals surface area contributed by atoms with E-state index in [9.17, 15) is 4.79 Å². The quantitative estimate of drug-likeness (QED) is 0.453. The normalized spacial score (nSPS) is 17.2. The van der Waals surface area contributed by atoms with Gasteiger partial charge in [0.1, 0.15) is 16.9 Å². The van der Waals surface area contributed by atoms with Gasteiger partial charge in [0, 0.05) is 63.5 Å². The summed E-state index contributed by atoms with van der Waals surface area (Å²) in [4.78, 5) is 26.6. The third kappa shape index (κ3) is 4.26. The van der Waals surface area contributed by atoms with E-state index < -0.39 is 0 Å². The van der Waals surface area contributed by atoms with Crippen LogP contribution in [-0.4, -0.2) is 67.3 Å². The molecule has 1 fully saturated rings. The van der Waals surface area contributed by atoms with Crippen LogP contribution in [0, 0.1) is 6.92 Å². The Morgan fingerprint density at radius 3 is 2.81 bits per heavy atom. The predicted octanol–water partition coefficient (Wildman–Crippen LogP) is 2.71. The Kier molecular flexibility index (Phi) is 5.36. The summed E-state index contributed by atoms with van der Waals surface area (Å²) in [5.41, 5.74) is 3.46. The van der Waals surface area contributed by atoms with E-state index in [0.717, 1.165) is 55.3 Å². The van der Waals surface area contributed by atoms with Crippen LogP contribution in [0.25, 0.3) is 5.65 Å². The summed E-state index contributed by atoms with van der Waals surface area (Å²) in [6.07, 6.45) is 5.76. The van der Waals surface area contributed by atoms with E-state index in [4.69, 9.17) is 9.26 Å². The number of carbonyl (C=O) groups is 1. The van der Waals surface area contributed by atoms with Crippen molar-refractivity contribution in [3.05, 3.63) is 59.6 Å². The maximum Gasteiger partial charge on any atom is 0.261 e. The van der Waals surface area contributed by atoms with E-state index >= 15 is 0 Å². The Bertz CT molecular complexity index is 1430. The van der Waals surface area contributed by atoms with Crippen molar-refractivity contribution < 1.29 is 14.1 Å². The lowest BCUT2D eigenvalue weighted by atomic mass is 10.0. The van der Waals surface area contributed by atoms with Crippen LogP contribution < -0.4 is 15.0 Å². The lowest BCUT2D eigenvalue weighted by Crippen LogP contribution is -2.46. The van der Waals surface area contributed by atoms with Crippen LogP contribution in [0.2, 0.25) is 0 Å². The van der Waals surface area contributed by atoms with Gasteiger partial charge in [-0.15, -0.1) is 0 Å². The zero-order valence-corrected chi connectivity index (χ0v) is 20.6. The fourth-order valence-corrected chi connectivity index (χ4v) is 4.93. The van der Waals surface area contributed by atoms with Gasteiger partial charge in [0.15, 0.2) is 11.5 Å². The van der Waals surface area contributed by atoms with Crippen LogP contribution in [0.1, 0.15) is 41.5 Å². The fraction of sp³-hybridized carbons (Fsp3) is 0.400. The minimum absolute atomic E-state index is 0.241. The smallest absolute Gasteiger partial charge is 0.261 e. The van der Waals surface area contributed by atoms with Gasteiger partial charge in [0.25, 0.3) is 5.91 Å². The van der Waals surface area contributed by atoms with E-state index in [1.807, 2.05) is 6.07 Å². The average Bonchev–Trinajstić information content (AvgIpc) is 3.54. The highest BCUT2D eigenvalue weighted by atomic mass is 16.5. The molecule has 1 N–H and O–H groups in total. The number of ether oxygens (including phenoxy) is 1. The number of hydrogen-bond acceptors (Lipinski definition) is 9. The minimum Gasteiger partial charge on any atom is -0.487 e. The highest BCUT2D eigenvalue weighted by molar-refractivity contribution is 6.09. The SMILES string of the molecule is Cc1nc(CN2CCN(c3cc4c(cc3NC(=O)c3cnn5cccnc35)CC(C)(C)O4)CC2)no1. The van der Waals surface area contributed by atoms with Crippen LogP contribution >= 0.6 is 0 Å². The number of aryl methyl sites for hydroxylation is 1. The molecule has 11 nitrogen and oxygen atoms in total. The molecule has 0 bridgehead atoms. The summed E-state index contributed by atoms with van der Waals surface area (Å²) in [7, 11) is 0. The first-order chi connectivity index (χ1) is 17.3. The minimum atomic E-state index is -0.282. The molecule has 1 amide bonds. The molecule has 6 rings (SSSR count). The Labute approximate surface area is 208 Å². The molecule has 186 valence electrons. The molecule has 1 saturated heterocycles. The van der Waals surface area contributed by atoms with Gasteiger partial charge in [-0.3, -0.25) is 9.69 Å². The Hall–Kier alpha value is -3.99. The molecule has 0 aliphatic carbocycles. The number of benzene rings is 1. The van der Waals surface area contributed by atoms with Gasteiger partial charge < -0.3 is 19.5 Å². The predicted molar refractivity (Wildman–Crippen MR) is 132 cm³/mol. The summed E-state index contributed by atoms with van der Waals surface area (Å²) in [6, 6.07) is 5.89. The van der Waals surface area contributed by atoms with E-state index in [1.54, 1.807) is 36.1 Å². The largest absolute Gasteiger partial charge is 0.487 e. The number of nitrogens with one attached hydrogen (secondary N) is 1. The molecule has 0 unspecified atom stereocenters. The van der Waals surface area contributed by atoms with Crippen molar-refractivity contribution in [2.45, 2.75) is 39.3 Å². The van der Waals surface area contributed by atoms with Gasteiger partial charge in [0.05, 0.1) is 24.1 Å². The molecule has 0 radical (unpaired) electrons. The molecule has 3 aromatic heterocycles. The topological polar surface area (TPSA) is 114 Å². The summed E-state index contributed by atoms with van der Waals surface area (Å²) >= 11 is 0. The highest BCUT2D eigenvalue weighted by Gasteiger charge is 2.32. The van der Waals surface area contributed by atoms with Gasteiger partial charge in [-0.2, -0.15) is 10.1 Å². The lowest BCUT2D eigenvalue weighted by Gasteiger charge is -2.36. The Morgan fingerprint density at radius 1 is 1.19 bits per heavy atom. The maximum absolute atomic E-state index is 13.3. The Morgan fingerprint density at radius 2 is 2.03 bits per heavy atom. The number of fused-ring (bicyclic) bond motifs is 2. The van der Waals surface area contributed by atoms with Crippen molar-refractivity contribution in [2.75, 3.05) is 36.4 Å². The van der Waals surface area contributed by atoms with E-state index in [1.165, 1.54) is 0 Å². The first-order valence-corrected chi connectivity index (χ1v) is 12.1. The number of amides is 1. The molecular formula is C25H28N8O3. The first kappa shape index (κ1) is 22.5. The van der Waals surface area contributed by atoms with Crippen LogP contribution in [-0.2, 0) is 13.0 Å². The number of hydrogen-bond donors (Lipinski definition) is 1. The standard InChI is InChI=1S/C25H28N8O3/c1-16-28-22(30-36-16)15-31-7-9-32(10-8-31)20-12-21-17(13-25(2,3)35-21)11-19(20)29-24(34)18-14-27-33-6-4-5-26-23(18)33/h4-6,11-12,14H,7-10,13,15H2,1-3H3,(H,29,34). The second-order valence-electron chi connectivity index (χ2n) is 9.91. The molecule has 2 aliphatic rings. The fourth-order valence-electron chi connectivity index (χ4n) is 4.93. The van der Waals surface area contributed by atoms with Crippen LogP contribution in [0.5, 0.6) is 5.75 Å². The van der Waals surface area contributed by atoms with E-state index in [2.05, 4.69) is 55.3 Å². The van der Waals surface area contributed by atoms with Crippen LogP contribution in [0.3, 0.4) is 0 Å². The molecule has 1 aromatic carbocycles. The number of nitrogens with zero attached hydrogens (tertiary/aromatic N) is 7. The third-order valence-electron chi connectivity index (χ3n) is 6.60. The molecule has 11 heteroatoms. The monoisotopic (exact) mass is 488 g/mol. The summed E-state index contributed by atoms with van der Waals surface area (Å²) in [5, 5.41) is 11.4. The van der Waals surface area contributed by atoms with Crippen molar-refractivity contribution in [1.82, 2.24) is 29.6 Å². The van der Waals surface area contributed by atoms with Gasteiger partial charge in [0.2, 0.25) is 5.89 Å². The molecule has 0 saturated carbocycles. The number of carbonyl (C=O) groups excluding carboxylic acids is 1. The second kappa shape index (κ2) is 8.59. The van der Waals surface area contributed by atoms with E-state index in [-0.39, 0.29) is 11.5 Å². The zero-order chi connectivity index (χ0) is 24.9. The number of rotatable bonds is 5. The summed E-state index contributed by atoms with van der Waals surface area (Å²) in [5.74, 6) is 1.90. The van der Waals surface area contributed by atoms with Crippen molar-refractivity contribution >= 4 is 22.9 Å². The van der Waals surface area contributed by atoms with Gasteiger partial charge >= 0.3 is 0 Å². The second-order valence-corrected chi connectivity index (χ2v) is 9.91. The number of aromatic nitrogens is 5. The van der Waals surface area contributed by atoms with E-state index in [0.29, 0.717) is 29.5 Å². The molecule has 0 atom stereocenters. The highest BCUT2D eigenvalue weighted by Crippen LogP contribution is 2.42. The molecule has 5 heterocycles. The number of anilines is 2. The summed E-state index contributed by atoms with van der Waals surface area (Å²) < 4.78 is 12.9. The molecule has 36 heavy (non-hydrogen) atoms. The van der Waals surface area contributed by atoms with Crippen molar-refractivity contribution in [1.29, 1.82) is 0 Å². The van der Waals surface area contributed by atoms with Gasteiger partial charge in [-0.1, -0.05) is 5.16 Å². The zero-order valence-electron chi connectivity index (χ0n) is 20.6. The summed E-state index contributed by atoms with van der Waals surface area (Å²) in [6.45, 7) is 9.86. The maximum atomic E-state index is 13.3. The third-order valence-corrected chi connectivity index (χ3v) is 6.60. The van der Waals surface area contributed by atoms with Gasteiger partial charge in [-0.25, -0.2) is 9.50 Å². The van der Waals surface area contributed by atoms with Crippen molar-refractivity contribution in [3.8, 4) is 5.75 Å². The Balaban J connectivity index is 1.26. The van der Waals surface area contributed by atoms with Crippen molar-refractivity contribution in [2.24, 2.45) is 0 Å². The van der Waals surface area contributed by atoms with Crippen LogP contribution in [0.4, 0.5) is 11.4 Å². The molecule has 0 spiro atoms. The molecule has 2 aliphatic heterocycles. The number of piperazine rings is 1. The van der Waals surface area contributed by atoms with Crippen LogP contribution in [0.15, 0.2) is 41.3 Å².